The van der Waals surface area contributed by atoms with Crippen molar-refractivity contribution in [3.05, 3.63) is 65.7 Å². The number of carbonyl (C=O) groups excluding carboxylic acids is 2. The van der Waals surface area contributed by atoms with Gasteiger partial charge < -0.3 is 15.0 Å². The maximum Gasteiger partial charge on any atom is 0.324 e. The number of likely N-dealkylation sites (tertiary alicyclic amines) is 1. The van der Waals surface area contributed by atoms with E-state index in [9.17, 15) is 9.59 Å². The molecule has 2 heterocycles. The van der Waals surface area contributed by atoms with Crippen LogP contribution in [0.1, 0.15) is 36.8 Å². The highest BCUT2D eigenvalue weighted by Crippen LogP contribution is 2.37. The molecule has 170 valence electrons. The lowest BCUT2D eigenvalue weighted by atomic mass is 9.73. The van der Waals surface area contributed by atoms with E-state index < -0.39 is 5.54 Å². The van der Waals surface area contributed by atoms with Crippen LogP contribution in [0.25, 0.3) is 0 Å². The van der Waals surface area contributed by atoms with E-state index >= 15 is 0 Å². The number of imide groups is 1. The smallest absolute Gasteiger partial charge is 0.324 e. The number of benzene rings is 2. The van der Waals surface area contributed by atoms with Crippen molar-refractivity contribution in [2.75, 3.05) is 33.8 Å². The maximum absolute atomic E-state index is 13.3. The molecule has 0 aliphatic carbocycles. The van der Waals surface area contributed by atoms with Gasteiger partial charge in [-0.1, -0.05) is 49.4 Å². The first kappa shape index (κ1) is 22.3. The van der Waals surface area contributed by atoms with Crippen molar-refractivity contribution in [2.45, 2.75) is 37.6 Å². The van der Waals surface area contributed by atoms with E-state index in [-0.39, 0.29) is 17.9 Å². The third-order valence-electron chi connectivity index (χ3n) is 7.12. The van der Waals surface area contributed by atoms with Crippen LogP contribution in [-0.2, 0) is 11.2 Å². The number of rotatable bonds is 7. The Bertz CT molecular complexity index is 956. The minimum Gasteiger partial charge on any atom is -0.497 e. The first-order valence-electron chi connectivity index (χ1n) is 11.4. The molecule has 6 nitrogen and oxygen atoms in total. The van der Waals surface area contributed by atoms with E-state index in [1.807, 2.05) is 30.3 Å². The minimum atomic E-state index is -0.894. The molecule has 0 bridgehead atoms. The molecule has 32 heavy (non-hydrogen) atoms. The molecule has 0 saturated carbocycles. The number of carbonyl (C=O) groups is 2. The molecule has 6 heteroatoms. The quantitative estimate of drug-likeness (QED) is 0.674. The first-order valence-corrected chi connectivity index (χ1v) is 11.4. The molecule has 2 aliphatic heterocycles. The van der Waals surface area contributed by atoms with E-state index in [2.05, 4.69) is 41.4 Å². The van der Waals surface area contributed by atoms with Crippen molar-refractivity contribution in [2.24, 2.45) is 5.92 Å². The van der Waals surface area contributed by atoms with Crippen molar-refractivity contribution in [3.8, 4) is 5.75 Å². The monoisotopic (exact) mass is 435 g/mol. The maximum atomic E-state index is 13.3. The van der Waals surface area contributed by atoms with Gasteiger partial charge in [-0.3, -0.25) is 9.69 Å². The predicted octanol–water partition coefficient (Wildman–Crippen LogP) is 3.67. The molecule has 2 aliphatic rings. The second-order valence-corrected chi connectivity index (χ2v) is 9.18. The van der Waals surface area contributed by atoms with Gasteiger partial charge in [0.15, 0.2) is 0 Å². The summed E-state index contributed by atoms with van der Waals surface area (Å²) in [6.45, 7) is 5.12. The Morgan fingerprint density at radius 2 is 1.81 bits per heavy atom. The van der Waals surface area contributed by atoms with E-state index in [1.165, 1.54) is 10.5 Å². The largest absolute Gasteiger partial charge is 0.497 e. The van der Waals surface area contributed by atoms with Gasteiger partial charge in [0.05, 0.1) is 7.11 Å². The van der Waals surface area contributed by atoms with Crippen LogP contribution in [0, 0.1) is 5.92 Å². The summed E-state index contributed by atoms with van der Waals surface area (Å²) in [5.41, 5.74) is 1.45. The Morgan fingerprint density at radius 1 is 1.09 bits per heavy atom. The van der Waals surface area contributed by atoms with Crippen LogP contribution >= 0.6 is 0 Å². The van der Waals surface area contributed by atoms with Crippen molar-refractivity contribution in [1.82, 2.24) is 15.1 Å². The van der Waals surface area contributed by atoms with Gasteiger partial charge in [0.25, 0.3) is 5.91 Å². The van der Waals surface area contributed by atoms with Crippen LogP contribution in [0.2, 0.25) is 0 Å². The SMILES string of the molecule is COc1cccc(C[C@@]2(C3CCN(C[C@H](C)c4ccccc4)CC3)NC(=O)N(C)C2=O)c1. The lowest BCUT2D eigenvalue weighted by molar-refractivity contribution is -0.133. The van der Waals surface area contributed by atoms with Gasteiger partial charge in [-0.2, -0.15) is 0 Å². The number of nitrogens with zero attached hydrogens (tertiary/aromatic N) is 2. The summed E-state index contributed by atoms with van der Waals surface area (Å²) in [7, 11) is 3.21. The number of hydrogen-bond donors (Lipinski definition) is 1. The molecule has 1 N–H and O–H groups in total. The molecule has 2 fully saturated rings. The number of hydrogen-bond acceptors (Lipinski definition) is 4. The molecule has 2 aromatic rings. The number of urea groups is 1. The average molecular weight is 436 g/mol. The molecular formula is C26H33N3O3. The Kier molecular flexibility index (Phi) is 6.51. The van der Waals surface area contributed by atoms with Gasteiger partial charge in [0.2, 0.25) is 0 Å². The fourth-order valence-corrected chi connectivity index (χ4v) is 5.25. The first-order chi connectivity index (χ1) is 15.4. The summed E-state index contributed by atoms with van der Waals surface area (Å²) in [6.07, 6.45) is 2.24. The molecule has 0 aromatic heterocycles. The van der Waals surface area contributed by atoms with Gasteiger partial charge in [0, 0.05) is 20.0 Å². The summed E-state index contributed by atoms with van der Waals surface area (Å²) in [5, 5.41) is 3.08. The van der Waals surface area contributed by atoms with Crippen molar-refractivity contribution >= 4 is 11.9 Å². The number of likely N-dealkylation sites (N-methyl/N-ethyl adjacent to an activating group) is 1. The van der Waals surface area contributed by atoms with E-state index in [0.717, 1.165) is 43.8 Å². The van der Waals surface area contributed by atoms with Gasteiger partial charge in [-0.15, -0.1) is 0 Å². The van der Waals surface area contributed by atoms with Crippen LogP contribution in [0.4, 0.5) is 4.79 Å². The summed E-state index contributed by atoms with van der Waals surface area (Å²) in [6, 6.07) is 18.1. The van der Waals surface area contributed by atoms with Gasteiger partial charge in [-0.05, 0) is 61.0 Å². The molecule has 2 saturated heterocycles. The molecule has 2 atom stereocenters. The number of ether oxygens (including phenoxy) is 1. The summed E-state index contributed by atoms with van der Waals surface area (Å²) in [4.78, 5) is 29.5. The average Bonchev–Trinajstić information content (AvgIpc) is 3.04. The van der Waals surface area contributed by atoms with Gasteiger partial charge in [0.1, 0.15) is 11.3 Å². The third-order valence-corrected chi connectivity index (χ3v) is 7.12. The number of piperidine rings is 1. The Labute approximate surface area is 190 Å². The van der Waals surface area contributed by atoms with Gasteiger partial charge >= 0.3 is 6.03 Å². The zero-order chi connectivity index (χ0) is 22.7. The normalized spacial score (nSPS) is 23.3. The number of amides is 3. The Balaban J connectivity index is 1.48. The summed E-state index contributed by atoms with van der Waals surface area (Å²) >= 11 is 0. The zero-order valence-corrected chi connectivity index (χ0v) is 19.2. The van der Waals surface area contributed by atoms with Crippen LogP contribution in [0.5, 0.6) is 5.75 Å². The van der Waals surface area contributed by atoms with Crippen molar-refractivity contribution < 1.29 is 14.3 Å². The topological polar surface area (TPSA) is 61.9 Å². The standard InChI is InChI=1S/C26H33N3O3/c1-19(21-9-5-4-6-10-21)18-29-14-12-22(13-15-29)26(24(30)28(2)25(31)27-26)17-20-8-7-11-23(16-20)32-3/h4-11,16,19,22H,12-15,17-18H2,1-3H3,(H,27,31)/t19-,26-/m0/s1. The molecule has 0 radical (unpaired) electrons. The fourth-order valence-electron chi connectivity index (χ4n) is 5.25. The highest BCUT2D eigenvalue weighted by atomic mass is 16.5. The Morgan fingerprint density at radius 3 is 2.44 bits per heavy atom. The lowest BCUT2D eigenvalue weighted by Crippen LogP contribution is -2.57. The molecule has 3 amide bonds. The molecule has 0 unspecified atom stereocenters. The van der Waals surface area contributed by atoms with Crippen LogP contribution in [0.15, 0.2) is 54.6 Å². The van der Waals surface area contributed by atoms with Crippen LogP contribution in [0.3, 0.4) is 0 Å². The van der Waals surface area contributed by atoms with E-state index in [0.29, 0.717) is 12.3 Å². The zero-order valence-electron chi connectivity index (χ0n) is 19.2. The second-order valence-electron chi connectivity index (χ2n) is 9.18. The number of methoxy groups -OCH3 is 1. The fraction of sp³-hybridized carbons (Fsp3) is 0.462. The molecule has 4 rings (SSSR count). The Hall–Kier alpha value is -2.86. The molecular weight excluding hydrogens is 402 g/mol. The van der Waals surface area contributed by atoms with Crippen LogP contribution in [-0.4, -0.2) is 61.1 Å². The highest BCUT2D eigenvalue weighted by Gasteiger charge is 2.54. The van der Waals surface area contributed by atoms with Crippen molar-refractivity contribution in [1.29, 1.82) is 0 Å². The van der Waals surface area contributed by atoms with Crippen molar-refractivity contribution in [3.63, 3.8) is 0 Å². The van der Waals surface area contributed by atoms with E-state index in [1.54, 1.807) is 14.2 Å². The highest BCUT2D eigenvalue weighted by molar-refractivity contribution is 6.07. The third kappa shape index (κ3) is 4.37. The molecule has 0 spiro atoms. The van der Waals surface area contributed by atoms with E-state index in [4.69, 9.17) is 4.74 Å². The predicted molar refractivity (Wildman–Crippen MR) is 125 cm³/mol. The molecule has 2 aromatic carbocycles. The second kappa shape index (κ2) is 9.33. The van der Waals surface area contributed by atoms with Gasteiger partial charge in [-0.25, -0.2) is 4.79 Å². The van der Waals surface area contributed by atoms with Crippen LogP contribution < -0.4 is 10.1 Å². The minimum absolute atomic E-state index is 0.0957. The number of nitrogens with one attached hydrogen (secondary N) is 1. The summed E-state index contributed by atoms with van der Waals surface area (Å²) < 4.78 is 5.36. The summed E-state index contributed by atoms with van der Waals surface area (Å²) in [5.74, 6) is 1.18. The lowest BCUT2D eigenvalue weighted by Gasteiger charge is -2.41.